The number of rotatable bonds is 52. The summed E-state index contributed by atoms with van der Waals surface area (Å²) in [5.41, 5.74) is 27.0. The quantitative estimate of drug-likeness (QED) is 0.0219. The molecule has 86 heavy (non-hydrogen) atoms. The van der Waals surface area contributed by atoms with Crippen LogP contribution in [0.3, 0.4) is 0 Å². The molecule has 28 nitrogen and oxygen atoms in total. The number of aliphatic hydroxyl groups excluding tert-OH is 3. The average Bonchev–Trinajstić information content (AvgIpc) is 2.61. The van der Waals surface area contributed by atoms with E-state index >= 15 is 0 Å². The largest absolute Gasteiger partial charge is 0.481 e. The van der Waals surface area contributed by atoms with E-state index in [-0.39, 0.29) is 69.3 Å². The number of aliphatic carboxylic acids is 1. The molecule has 0 aliphatic carbocycles. The first-order valence-corrected chi connectivity index (χ1v) is 30.3. The molecule has 0 aromatic rings. The Morgan fingerprint density at radius 3 is 1.37 bits per heavy atom. The minimum absolute atomic E-state index is 0.0166. The second-order valence-electron chi connectivity index (χ2n) is 22.1. The lowest BCUT2D eigenvalue weighted by molar-refractivity contribution is -0.142. The van der Waals surface area contributed by atoms with Gasteiger partial charge in [0.15, 0.2) is 40.8 Å². The van der Waals surface area contributed by atoms with Gasteiger partial charge >= 0.3 is 5.97 Å². The molecule has 0 saturated heterocycles. The summed E-state index contributed by atoms with van der Waals surface area (Å²) in [7, 11) is 0. The number of ketones is 5. The van der Waals surface area contributed by atoms with E-state index in [1.165, 1.54) is 72.1 Å². The maximum Gasteiger partial charge on any atom is 0.305 e. The molecule has 0 rings (SSSR count). The number of carboxylic acid groups (broad SMARTS) is 1. The van der Waals surface area contributed by atoms with Crippen LogP contribution >= 0.6 is 0 Å². The number of aliphatic imine (C=N–C) groups is 2. The van der Waals surface area contributed by atoms with Crippen LogP contribution in [0.5, 0.6) is 0 Å². The van der Waals surface area contributed by atoms with Crippen molar-refractivity contribution in [2.45, 2.75) is 244 Å². The fraction of sp³-hybridized carbons (Fsp3) is 0.759. The first-order valence-electron chi connectivity index (χ1n) is 30.3. The van der Waals surface area contributed by atoms with Gasteiger partial charge in [-0.1, -0.05) is 90.9 Å². The molecule has 0 radical (unpaired) electrons. The molecule has 6 amide bonds. The van der Waals surface area contributed by atoms with Crippen LogP contribution in [-0.2, 0) is 57.5 Å². The minimum atomic E-state index is -1.84. The molecule has 0 aliphatic rings. The highest BCUT2D eigenvalue weighted by Crippen LogP contribution is 2.19. The van der Waals surface area contributed by atoms with Crippen LogP contribution in [0.2, 0.25) is 0 Å². The van der Waals surface area contributed by atoms with E-state index in [1.54, 1.807) is 6.92 Å². The van der Waals surface area contributed by atoms with E-state index in [2.05, 4.69) is 43.5 Å². The van der Waals surface area contributed by atoms with Gasteiger partial charge in [0.1, 0.15) is 6.04 Å². The first-order chi connectivity index (χ1) is 40.6. The normalized spacial score (nSPS) is 14.6. The lowest BCUT2D eigenvalue weighted by atomic mass is 9.90. The standard InChI is InChI=1S/C58H102N12O16/c1-6-8-9-10-11-12-13-14-15-16-17-18-19-24-50(80)70-53(37(5)73)48(78)29-38(31-49(59)79)54(84)66-35(3)45(75)25-26-51(81)67-42(23-21-28-65-58(62)63)46(76)30-39(34-71)55(85)69-43(33-52(82)83)47(77)32-40(36(4)72)56(86)68-41(44(74)7-2)22-20-27-64-57(60)61/h35-43,53,71-73H,6-34H2,1-5H3,(H2,59,79)(H,66,84)(H,67,81)(H,68,86)(H,69,85)(H,70,80)(H,82,83)(H4,60,61,64)(H4,62,63,65)/t35-,36+,37+,38-,39-,40-,41-,42-,43-,53-/m0/s1. The van der Waals surface area contributed by atoms with Gasteiger partial charge in [0.05, 0.1) is 67.2 Å². The van der Waals surface area contributed by atoms with Gasteiger partial charge in [-0.05, 0) is 52.9 Å². The zero-order chi connectivity index (χ0) is 65.3. The van der Waals surface area contributed by atoms with Crippen molar-refractivity contribution in [3.8, 4) is 0 Å². The molecule has 490 valence electrons. The van der Waals surface area contributed by atoms with Crippen molar-refractivity contribution in [1.82, 2.24) is 26.6 Å². The molecular weight excluding hydrogens is 1120 g/mol. The number of hydrogen-bond donors (Lipinski definition) is 14. The van der Waals surface area contributed by atoms with E-state index < -0.39 is 176 Å². The predicted molar refractivity (Wildman–Crippen MR) is 321 cm³/mol. The minimum Gasteiger partial charge on any atom is -0.481 e. The van der Waals surface area contributed by atoms with Gasteiger partial charge in [0.25, 0.3) is 0 Å². The van der Waals surface area contributed by atoms with E-state index in [4.69, 9.17) is 28.7 Å². The van der Waals surface area contributed by atoms with Crippen LogP contribution in [0.1, 0.15) is 202 Å². The number of aliphatic hydroxyl groups is 3. The third-order valence-corrected chi connectivity index (χ3v) is 14.5. The monoisotopic (exact) mass is 1220 g/mol. The number of carbonyl (C=O) groups excluding carboxylic acids is 11. The van der Waals surface area contributed by atoms with Crippen LogP contribution in [0, 0.1) is 17.8 Å². The molecule has 0 fully saturated rings. The zero-order valence-corrected chi connectivity index (χ0v) is 51.2. The summed E-state index contributed by atoms with van der Waals surface area (Å²) >= 11 is 0. The molecule has 0 spiro atoms. The Morgan fingerprint density at radius 2 is 0.907 bits per heavy atom. The summed E-state index contributed by atoms with van der Waals surface area (Å²) in [5.74, 6) is -15.5. The Hall–Kier alpha value is -6.94. The third kappa shape index (κ3) is 36.1. The number of carboxylic acids is 1. The molecule has 0 aromatic heterocycles. The van der Waals surface area contributed by atoms with Crippen molar-refractivity contribution in [2.24, 2.45) is 56.4 Å². The Balaban J connectivity index is 5.85. The van der Waals surface area contributed by atoms with Gasteiger partial charge in [-0.2, -0.15) is 0 Å². The fourth-order valence-electron chi connectivity index (χ4n) is 9.36. The van der Waals surface area contributed by atoms with Gasteiger partial charge in [0.2, 0.25) is 35.4 Å². The lowest BCUT2D eigenvalue weighted by Gasteiger charge is -2.25. The summed E-state index contributed by atoms with van der Waals surface area (Å²) in [6.07, 6.45) is 7.18. The molecule has 0 heterocycles. The zero-order valence-electron chi connectivity index (χ0n) is 51.2. The Morgan fingerprint density at radius 1 is 0.442 bits per heavy atom. The average molecular weight is 1220 g/mol. The van der Waals surface area contributed by atoms with E-state index in [1.807, 2.05) is 0 Å². The summed E-state index contributed by atoms with van der Waals surface area (Å²) < 4.78 is 0. The second-order valence-corrected chi connectivity index (χ2v) is 22.1. The number of carbonyl (C=O) groups is 12. The molecule has 0 bridgehead atoms. The summed E-state index contributed by atoms with van der Waals surface area (Å²) in [6.45, 7) is 6.64. The maximum atomic E-state index is 13.8. The van der Waals surface area contributed by atoms with E-state index in [0.29, 0.717) is 6.42 Å². The molecule has 28 heteroatoms. The first kappa shape index (κ1) is 79.1. The number of Topliss-reactive ketones (excluding diaryl/α,β-unsaturated/α-hetero) is 5. The molecule has 0 aromatic carbocycles. The lowest BCUT2D eigenvalue weighted by Crippen LogP contribution is -2.50. The third-order valence-electron chi connectivity index (χ3n) is 14.5. The number of nitrogens with zero attached hydrogens (tertiary/aromatic N) is 2. The van der Waals surface area contributed by atoms with Crippen molar-refractivity contribution in [3.05, 3.63) is 0 Å². The van der Waals surface area contributed by atoms with Gasteiger partial charge in [0, 0.05) is 64.5 Å². The van der Waals surface area contributed by atoms with Crippen molar-refractivity contribution in [2.75, 3.05) is 19.7 Å². The Kier molecular flexibility index (Phi) is 41.7. The molecule has 0 unspecified atom stereocenters. The topological polar surface area (TPSA) is 501 Å². The highest BCUT2D eigenvalue weighted by Gasteiger charge is 2.36. The van der Waals surface area contributed by atoms with Gasteiger partial charge < -0.3 is 75.7 Å². The highest BCUT2D eigenvalue weighted by atomic mass is 16.4. The molecular formula is C58H102N12O16. The molecule has 0 saturated carbocycles. The van der Waals surface area contributed by atoms with E-state index in [9.17, 15) is 78.0 Å². The van der Waals surface area contributed by atoms with Crippen LogP contribution in [0.25, 0.3) is 0 Å². The van der Waals surface area contributed by atoms with Gasteiger partial charge in [-0.15, -0.1) is 0 Å². The van der Waals surface area contributed by atoms with Crippen molar-refractivity contribution in [1.29, 1.82) is 0 Å². The molecule has 10 atom stereocenters. The summed E-state index contributed by atoms with van der Waals surface area (Å²) in [4.78, 5) is 165. The smallest absolute Gasteiger partial charge is 0.305 e. The number of guanidine groups is 2. The summed E-state index contributed by atoms with van der Waals surface area (Å²) in [5, 5.41) is 53.1. The number of hydrogen-bond acceptors (Lipinski definition) is 17. The number of nitrogens with two attached hydrogens (primary N) is 5. The van der Waals surface area contributed by atoms with Crippen molar-refractivity contribution >= 4 is 82.2 Å². The number of nitrogens with one attached hydrogen (secondary N) is 5. The van der Waals surface area contributed by atoms with Crippen LogP contribution in [0.4, 0.5) is 0 Å². The highest BCUT2D eigenvalue weighted by molar-refractivity contribution is 5.99. The molecule has 19 N–H and O–H groups in total. The molecule has 0 aliphatic heterocycles. The van der Waals surface area contributed by atoms with Crippen LogP contribution < -0.4 is 55.3 Å². The Labute approximate surface area is 505 Å². The predicted octanol–water partition coefficient (Wildman–Crippen LogP) is 0.177. The number of amides is 6. The summed E-state index contributed by atoms with van der Waals surface area (Å²) in [6, 6.07) is -6.97. The van der Waals surface area contributed by atoms with Crippen molar-refractivity contribution < 1.29 is 78.0 Å². The SMILES string of the molecule is CCCCCCCCCCCCCCCC(=O)N[C@H](C(=O)C[C@@H](CC(N)=O)C(=O)N[C@@H](C)C(=O)CCC(=O)N[C@@H](CCCN=C(N)N)C(=O)C[C@@H](CO)C(=O)N[C@@H](CC(=O)O)C(=O)C[C@H](C(=O)N[C@@H](CCCN=C(N)N)C(=O)CC)[C@@H](C)O)[C@@H](C)O. The van der Waals surface area contributed by atoms with Crippen LogP contribution in [0.15, 0.2) is 9.98 Å². The van der Waals surface area contributed by atoms with Crippen molar-refractivity contribution in [3.63, 3.8) is 0 Å². The van der Waals surface area contributed by atoms with E-state index in [0.717, 1.165) is 25.7 Å². The number of unbranched alkanes of at least 4 members (excludes halogenated alkanes) is 12. The fourth-order valence-corrected chi connectivity index (χ4v) is 9.36. The number of primary amides is 1. The van der Waals surface area contributed by atoms with Crippen LogP contribution in [-0.4, -0.2) is 165 Å². The van der Waals surface area contributed by atoms with Gasteiger partial charge in [-0.3, -0.25) is 67.5 Å². The maximum absolute atomic E-state index is 13.8. The van der Waals surface area contributed by atoms with Gasteiger partial charge in [-0.25, -0.2) is 0 Å². The Bertz CT molecular complexity index is 2240. The second kappa shape index (κ2) is 45.4.